The highest BCUT2D eigenvalue weighted by Crippen LogP contribution is 2.18. The van der Waals surface area contributed by atoms with E-state index in [0.29, 0.717) is 0 Å². The van der Waals surface area contributed by atoms with Crippen LogP contribution >= 0.6 is 10.7 Å². The van der Waals surface area contributed by atoms with Crippen molar-refractivity contribution in [3.63, 3.8) is 0 Å². The third kappa shape index (κ3) is 3.81. The van der Waals surface area contributed by atoms with Gasteiger partial charge < -0.3 is 0 Å². The molecule has 0 bridgehead atoms. The number of hydrogen-bond donors (Lipinski definition) is 0. The summed E-state index contributed by atoms with van der Waals surface area (Å²) in [6, 6.07) is 8.22. The summed E-state index contributed by atoms with van der Waals surface area (Å²) < 4.78 is 4.50. The summed E-state index contributed by atoms with van der Waals surface area (Å²) in [4.78, 5) is 1.09. The lowest BCUT2D eigenvalue weighted by atomic mass is 10.1. The predicted octanol–water partition coefficient (Wildman–Crippen LogP) is 4.11. The third-order valence-corrected chi connectivity index (χ3v) is 3.68. The third-order valence-electron chi connectivity index (χ3n) is 1.57. The van der Waals surface area contributed by atoms with E-state index < -0.39 is 9.90 Å². The maximum Gasteiger partial charge on any atom is 0.0609 e. The molecule has 0 aliphatic heterocycles. The minimum Gasteiger partial charge on any atom is -0.239 e. The first-order chi connectivity index (χ1) is 6.38. The molecule has 0 saturated carbocycles. The predicted molar refractivity (Wildman–Crippen MR) is 64.8 cm³/mol. The maximum absolute atomic E-state index is 6.20. The van der Waals surface area contributed by atoms with E-state index in [2.05, 4.69) is 44.2 Å². The van der Waals surface area contributed by atoms with Gasteiger partial charge in [0.05, 0.1) is 5.54 Å². The minimum atomic E-state index is -0.514. The average Bonchev–Trinajstić information content (AvgIpc) is 2.02. The van der Waals surface area contributed by atoms with Gasteiger partial charge in [-0.1, -0.05) is 17.7 Å². The molecular weight excluding hydrogens is 214 g/mol. The summed E-state index contributed by atoms with van der Waals surface area (Å²) in [5.41, 5.74) is 1.17. The molecule has 0 amide bonds. The summed E-state index contributed by atoms with van der Waals surface area (Å²) in [5.74, 6) is 0. The van der Waals surface area contributed by atoms with Crippen LogP contribution < -0.4 is 0 Å². The largest absolute Gasteiger partial charge is 0.239 e. The van der Waals surface area contributed by atoms with Crippen molar-refractivity contribution >= 4 is 20.6 Å². The molecule has 0 fully saturated rings. The Morgan fingerprint density at radius 2 is 1.64 bits per heavy atom. The van der Waals surface area contributed by atoms with E-state index in [0.717, 1.165) is 4.90 Å². The zero-order valence-corrected chi connectivity index (χ0v) is 10.6. The van der Waals surface area contributed by atoms with Crippen molar-refractivity contribution in [3.05, 3.63) is 29.8 Å². The van der Waals surface area contributed by atoms with Crippen LogP contribution in [0, 0.1) is 6.92 Å². The lowest BCUT2D eigenvalue weighted by molar-refractivity contribution is 0.593. The van der Waals surface area contributed by atoms with E-state index in [-0.39, 0.29) is 5.54 Å². The molecule has 14 heavy (non-hydrogen) atoms. The molecule has 78 valence electrons. The van der Waals surface area contributed by atoms with Crippen LogP contribution in [-0.4, -0.2) is 5.54 Å². The number of nitrogens with zero attached hydrogens (tertiary/aromatic N) is 1. The fourth-order valence-electron chi connectivity index (χ4n) is 0.944. The highest BCUT2D eigenvalue weighted by atomic mass is 35.7. The van der Waals surface area contributed by atoms with Crippen LogP contribution in [0.5, 0.6) is 0 Å². The van der Waals surface area contributed by atoms with Crippen molar-refractivity contribution in [2.45, 2.75) is 38.1 Å². The van der Waals surface area contributed by atoms with Gasteiger partial charge >= 0.3 is 0 Å². The average molecular weight is 230 g/mol. The minimum absolute atomic E-state index is 0.0737. The van der Waals surface area contributed by atoms with Crippen LogP contribution in [0.15, 0.2) is 33.5 Å². The Morgan fingerprint density at radius 1 is 1.14 bits per heavy atom. The van der Waals surface area contributed by atoms with Crippen LogP contribution in [0.4, 0.5) is 0 Å². The molecule has 0 N–H and O–H groups in total. The van der Waals surface area contributed by atoms with Crippen molar-refractivity contribution in [2.75, 3.05) is 0 Å². The van der Waals surface area contributed by atoms with Gasteiger partial charge in [-0.25, -0.2) is 4.36 Å². The highest BCUT2D eigenvalue weighted by Gasteiger charge is 2.09. The zero-order valence-electron chi connectivity index (χ0n) is 9.04. The van der Waals surface area contributed by atoms with Gasteiger partial charge in [0.1, 0.15) is 0 Å². The molecule has 0 spiro atoms. The van der Waals surface area contributed by atoms with Crippen molar-refractivity contribution in [3.8, 4) is 0 Å². The number of benzene rings is 1. The summed E-state index contributed by atoms with van der Waals surface area (Å²) in [6.07, 6.45) is 0. The normalized spacial score (nSPS) is 14.4. The fraction of sp³-hybridized carbons (Fsp3) is 0.455. The number of rotatable bonds is 1. The van der Waals surface area contributed by atoms with E-state index in [1.807, 2.05) is 12.1 Å². The monoisotopic (exact) mass is 229 g/mol. The van der Waals surface area contributed by atoms with E-state index in [1.54, 1.807) is 0 Å². The Bertz CT molecular complexity index is 335. The van der Waals surface area contributed by atoms with E-state index in [9.17, 15) is 0 Å². The second kappa shape index (κ2) is 4.45. The van der Waals surface area contributed by atoms with E-state index >= 15 is 0 Å². The van der Waals surface area contributed by atoms with Gasteiger partial charge in [-0.2, -0.15) is 0 Å². The standard InChI is InChI=1S/C11H16ClNS/c1-9-5-7-10(8-6-9)14(12)13-11(2,3)4/h5-8H,1-4H3. The van der Waals surface area contributed by atoms with Gasteiger partial charge in [-0.05, 0) is 50.5 Å². The highest BCUT2D eigenvalue weighted by molar-refractivity contribution is 8.10. The number of halogens is 1. The van der Waals surface area contributed by atoms with Crippen molar-refractivity contribution in [1.82, 2.24) is 0 Å². The quantitative estimate of drug-likeness (QED) is 0.688. The van der Waals surface area contributed by atoms with Crippen molar-refractivity contribution in [1.29, 1.82) is 0 Å². The molecule has 0 heterocycles. The fourth-order valence-corrected chi connectivity index (χ4v) is 2.82. The van der Waals surface area contributed by atoms with Gasteiger partial charge in [0.25, 0.3) is 0 Å². The molecule has 1 aromatic rings. The molecule has 0 aliphatic rings. The molecule has 1 rings (SSSR count). The molecule has 1 aromatic carbocycles. The first kappa shape index (κ1) is 11.7. The second-order valence-corrected chi connectivity index (χ2v) is 6.32. The zero-order chi connectivity index (χ0) is 10.8. The Balaban J connectivity index is 2.95. The molecule has 1 atom stereocenters. The Labute approximate surface area is 93.1 Å². The first-order valence-corrected chi connectivity index (χ1v) is 6.59. The van der Waals surface area contributed by atoms with Crippen molar-refractivity contribution < 1.29 is 0 Å². The summed E-state index contributed by atoms with van der Waals surface area (Å²) in [5, 5.41) is 0. The Kier molecular flexibility index (Phi) is 3.73. The summed E-state index contributed by atoms with van der Waals surface area (Å²) in [7, 11) is 5.69. The van der Waals surface area contributed by atoms with Gasteiger partial charge in [-0.3, -0.25) is 0 Å². The molecule has 0 aromatic heterocycles. The Morgan fingerprint density at radius 3 is 2.07 bits per heavy atom. The lowest BCUT2D eigenvalue weighted by Gasteiger charge is -2.13. The van der Waals surface area contributed by atoms with E-state index in [4.69, 9.17) is 10.7 Å². The first-order valence-electron chi connectivity index (χ1n) is 4.59. The smallest absolute Gasteiger partial charge is 0.0609 e. The Hall–Kier alpha value is -0.340. The van der Waals surface area contributed by atoms with Crippen molar-refractivity contribution in [2.24, 2.45) is 4.36 Å². The van der Waals surface area contributed by atoms with Crippen LogP contribution in [0.1, 0.15) is 26.3 Å². The van der Waals surface area contributed by atoms with Gasteiger partial charge in [0, 0.05) is 14.8 Å². The number of hydrogen-bond acceptors (Lipinski definition) is 1. The van der Waals surface area contributed by atoms with Crippen LogP contribution in [0.3, 0.4) is 0 Å². The van der Waals surface area contributed by atoms with Crippen LogP contribution in [-0.2, 0) is 9.90 Å². The van der Waals surface area contributed by atoms with Crippen LogP contribution in [0.2, 0.25) is 0 Å². The maximum atomic E-state index is 6.20. The van der Waals surface area contributed by atoms with Gasteiger partial charge in [0.15, 0.2) is 0 Å². The number of aryl methyl sites for hydroxylation is 1. The lowest BCUT2D eigenvalue weighted by Crippen LogP contribution is -2.09. The molecule has 1 nitrogen and oxygen atoms in total. The topological polar surface area (TPSA) is 12.4 Å². The van der Waals surface area contributed by atoms with Gasteiger partial charge in [-0.15, -0.1) is 0 Å². The molecule has 0 radical (unpaired) electrons. The van der Waals surface area contributed by atoms with E-state index in [1.165, 1.54) is 5.56 Å². The van der Waals surface area contributed by atoms with Crippen LogP contribution in [0.25, 0.3) is 0 Å². The molecule has 0 aliphatic carbocycles. The molecular formula is C11H16ClNS. The molecule has 1 unspecified atom stereocenters. The van der Waals surface area contributed by atoms with Gasteiger partial charge in [0.2, 0.25) is 0 Å². The SMILES string of the molecule is Cc1ccc(S(Cl)=NC(C)(C)C)cc1. The molecule has 3 heteroatoms. The summed E-state index contributed by atoms with van der Waals surface area (Å²) in [6.45, 7) is 8.24. The summed E-state index contributed by atoms with van der Waals surface area (Å²) >= 11 is 0. The molecule has 0 saturated heterocycles. The second-order valence-electron chi connectivity index (χ2n) is 4.31.